The molecule has 3 heterocycles. The summed E-state index contributed by atoms with van der Waals surface area (Å²) in [6.45, 7) is 0.560. The Morgan fingerprint density at radius 3 is 2.76 bits per heavy atom. The van der Waals surface area contributed by atoms with Gasteiger partial charge in [-0.2, -0.15) is 13.2 Å². The third-order valence-corrected chi connectivity index (χ3v) is 5.46. The number of amides is 2. The lowest BCUT2D eigenvalue weighted by atomic mass is 10.1. The Morgan fingerprint density at radius 2 is 2.03 bits per heavy atom. The summed E-state index contributed by atoms with van der Waals surface area (Å²) in [5.74, 6) is -0.833. The lowest BCUT2D eigenvalue weighted by Crippen LogP contribution is -2.35. The van der Waals surface area contributed by atoms with Crippen molar-refractivity contribution < 1.29 is 27.2 Å². The van der Waals surface area contributed by atoms with Gasteiger partial charge in [-0.15, -0.1) is 0 Å². The van der Waals surface area contributed by atoms with Gasteiger partial charge in [0, 0.05) is 23.4 Å². The number of fused-ring (bicyclic) bond motifs is 1. The van der Waals surface area contributed by atoms with Crippen LogP contribution in [0.1, 0.15) is 36.9 Å². The smallest absolute Gasteiger partial charge is 0.416 e. The van der Waals surface area contributed by atoms with E-state index in [1.54, 1.807) is 0 Å². The van der Waals surface area contributed by atoms with E-state index in [0.717, 1.165) is 22.7 Å². The van der Waals surface area contributed by atoms with Gasteiger partial charge in [0.25, 0.3) is 11.8 Å². The molecule has 0 saturated carbocycles. The molecule has 0 bridgehead atoms. The second-order valence-corrected chi connectivity index (χ2v) is 7.49. The summed E-state index contributed by atoms with van der Waals surface area (Å²) < 4.78 is 43.6. The average molecular weight is 421 g/mol. The molecule has 0 unspecified atom stereocenters. The molecular formula is C19H14F3N3O3S. The predicted octanol–water partition coefficient (Wildman–Crippen LogP) is 4.21. The molecule has 2 aromatic heterocycles. The van der Waals surface area contributed by atoms with Crippen molar-refractivity contribution in [1.29, 1.82) is 0 Å². The fourth-order valence-electron chi connectivity index (χ4n) is 3.00. The third-order valence-electron chi connectivity index (χ3n) is 4.46. The van der Waals surface area contributed by atoms with E-state index in [4.69, 9.17) is 4.42 Å². The number of nitrogens with zero attached hydrogens (tertiary/aromatic N) is 2. The summed E-state index contributed by atoms with van der Waals surface area (Å²) in [5, 5.41) is 3.08. The van der Waals surface area contributed by atoms with E-state index in [1.807, 2.05) is 0 Å². The summed E-state index contributed by atoms with van der Waals surface area (Å²) in [7, 11) is 0. The first kappa shape index (κ1) is 19.2. The highest BCUT2D eigenvalue weighted by Crippen LogP contribution is 2.32. The van der Waals surface area contributed by atoms with Gasteiger partial charge in [0.15, 0.2) is 5.13 Å². The fraction of sp³-hybridized carbons (Fsp3) is 0.211. The molecule has 6 nitrogen and oxygen atoms in total. The van der Waals surface area contributed by atoms with Crippen molar-refractivity contribution in [2.75, 3.05) is 11.9 Å². The van der Waals surface area contributed by atoms with Crippen LogP contribution in [0, 0.1) is 0 Å². The van der Waals surface area contributed by atoms with Gasteiger partial charge < -0.3 is 9.32 Å². The number of furan rings is 1. The van der Waals surface area contributed by atoms with Crippen molar-refractivity contribution in [2.45, 2.75) is 19.1 Å². The summed E-state index contributed by atoms with van der Waals surface area (Å²) >= 11 is 1.24. The summed E-state index contributed by atoms with van der Waals surface area (Å²) in [5.41, 5.74) is 0.259. The second-order valence-electron chi connectivity index (χ2n) is 6.41. The molecule has 1 aliphatic heterocycles. The van der Waals surface area contributed by atoms with Crippen LogP contribution in [0.25, 0.3) is 0 Å². The summed E-state index contributed by atoms with van der Waals surface area (Å²) in [6.07, 6.45) is -1.35. The normalized spacial score (nSPS) is 13.8. The minimum Gasteiger partial charge on any atom is -0.472 e. The van der Waals surface area contributed by atoms with Crippen molar-refractivity contribution in [2.24, 2.45) is 0 Å². The van der Waals surface area contributed by atoms with Crippen LogP contribution in [0.4, 0.5) is 18.3 Å². The SMILES string of the molecule is O=C(Nc1nc2c(s1)CN(C(=O)c1cccc(C(F)(F)F)c1)CC2)c1ccoc1. The number of rotatable bonds is 3. The van der Waals surface area contributed by atoms with Gasteiger partial charge in [0.05, 0.1) is 29.6 Å². The highest BCUT2D eigenvalue weighted by Gasteiger charge is 2.32. The number of hydrogen-bond acceptors (Lipinski definition) is 5. The molecule has 1 N–H and O–H groups in total. The summed E-state index contributed by atoms with van der Waals surface area (Å²) in [4.78, 5) is 31.4. The Bertz CT molecular complexity index is 1060. The summed E-state index contributed by atoms with van der Waals surface area (Å²) in [6, 6.07) is 5.92. The average Bonchev–Trinajstić information content (AvgIpc) is 3.35. The van der Waals surface area contributed by atoms with Crippen LogP contribution in [0.15, 0.2) is 47.3 Å². The topological polar surface area (TPSA) is 75.4 Å². The van der Waals surface area contributed by atoms with E-state index < -0.39 is 17.6 Å². The maximum Gasteiger partial charge on any atom is 0.416 e. The molecular weight excluding hydrogens is 407 g/mol. The van der Waals surface area contributed by atoms with Crippen molar-refractivity contribution in [3.05, 3.63) is 70.1 Å². The van der Waals surface area contributed by atoms with Gasteiger partial charge in [-0.1, -0.05) is 17.4 Å². The maximum atomic E-state index is 12.9. The molecule has 0 atom stereocenters. The number of anilines is 1. The third kappa shape index (κ3) is 4.02. The van der Waals surface area contributed by atoms with Crippen LogP contribution in [-0.4, -0.2) is 28.2 Å². The maximum absolute atomic E-state index is 12.9. The quantitative estimate of drug-likeness (QED) is 0.688. The molecule has 29 heavy (non-hydrogen) atoms. The number of carbonyl (C=O) groups excluding carboxylic acids is 2. The Balaban J connectivity index is 1.48. The molecule has 2 amide bonds. The minimum absolute atomic E-state index is 0.0127. The highest BCUT2D eigenvalue weighted by molar-refractivity contribution is 7.15. The Kier molecular flexibility index (Phi) is 4.87. The molecule has 10 heteroatoms. The van der Waals surface area contributed by atoms with Crippen LogP contribution in [-0.2, 0) is 19.1 Å². The zero-order valence-corrected chi connectivity index (χ0v) is 15.6. The van der Waals surface area contributed by atoms with E-state index in [-0.39, 0.29) is 18.0 Å². The Morgan fingerprint density at radius 1 is 1.21 bits per heavy atom. The zero-order chi connectivity index (χ0) is 20.6. The molecule has 0 spiro atoms. The van der Waals surface area contributed by atoms with Gasteiger partial charge in [0.1, 0.15) is 6.26 Å². The standard InChI is InChI=1S/C19H14F3N3O3S/c20-19(21,22)13-3-1-2-11(8-13)17(27)25-6-4-14-15(9-25)29-18(23-14)24-16(26)12-5-7-28-10-12/h1-3,5,7-8,10H,4,6,9H2,(H,23,24,26). The number of halogens is 3. The van der Waals surface area contributed by atoms with Gasteiger partial charge >= 0.3 is 6.18 Å². The number of alkyl halides is 3. The monoisotopic (exact) mass is 421 g/mol. The number of benzene rings is 1. The van der Waals surface area contributed by atoms with Crippen LogP contribution in [0.5, 0.6) is 0 Å². The number of carbonyl (C=O) groups is 2. The molecule has 1 aromatic carbocycles. The van der Waals surface area contributed by atoms with Crippen molar-refractivity contribution in [1.82, 2.24) is 9.88 Å². The van der Waals surface area contributed by atoms with Crippen LogP contribution in [0.3, 0.4) is 0 Å². The van der Waals surface area contributed by atoms with Crippen LogP contribution < -0.4 is 5.32 Å². The van der Waals surface area contributed by atoms with Crippen LogP contribution in [0.2, 0.25) is 0 Å². The largest absolute Gasteiger partial charge is 0.472 e. The van der Waals surface area contributed by atoms with E-state index in [2.05, 4.69) is 10.3 Å². The number of aromatic nitrogens is 1. The van der Waals surface area contributed by atoms with E-state index >= 15 is 0 Å². The molecule has 0 saturated heterocycles. The molecule has 1 aliphatic rings. The molecule has 0 radical (unpaired) electrons. The first-order valence-corrected chi connectivity index (χ1v) is 9.41. The van der Waals surface area contributed by atoms with Gasteiger partial charge in [-0.3, -0.25) is 14.9 Å². The second kappa shape index (κ2) is 7.36. The Labute approximate surface area is 167 Å². The highest BCUT2D eigenvalue weighted by atomic mass is 32.1. The number of thiazole rings is 1. The zero-order valence-electron chi connectivity index (χ0n) is 14.8. The lowest BCUT2D eigenvalue weighted by Gasteiger charge is -2.26. The van der Waals surface area contributed by atoms with Crippen molar-refractivity contribution >= 4 is 28.3 Å². The lowest BCUT2D eigenvalue weighted by molar-refractivity contribution is -0.137. The number of nitrogens with one attached hydrogen (secondary N) is 1. The van der Waals surface area contributed by atoms with Gasteiger partial charge in [-0.05, 0) is 24.3 Å². The first-order chi connectivity index (χ1) is 13.8. The van der Waals surface area contributed by atoms with Crippen LogP contribution >= 0.6 is 11.3 Å². The van der Waals surface area contributed by atoms with E-state index in [9.17, 15) is 22.8 Å². The molecule has 3 aromatic rings. The van der Waals surface area contributed by atoms with Gasteiger partial charge in [0.2, 0.25) is 0 Å². The fourth-order valence-corrected chi connectivity index (χ4v) is 4.02. The molecule has 0 aliphatic carbocycles. The minimum atomic E-state index is -4.51. The van der Waals surface area contributed by atoms with Gasteiger partial charge in [-0.25, -0.2) is 4.98 Å². The molecule has 0 fully saturated rings. The predicted molar refractivity (Wildman–Crippen MR) is 98.7 cm³/mol. The molecule has 150 valence electrons. The van der Waals surface area contributed by atoms with E-state index in [1.165, 1.54) is 47.0 Å². The van der Waals surface area contributed by atoms with E-state index in [0.29, 0.717) is 23.7 Å². The first-order valence-electron chi connectivity index (χ1n) is 8.60. The van der Waals surface area contributed by atoms with Crippen molar-refractivity contribution in [3.8, 4) is 0 Å². The Hall–Kier alpha value is -3.14. The molecule has 4 rings (SSSR count). The van der Waals surface area contributed by atoms with Crippen molar-refractivity contribution in [3.63, 3.8) is 0 Å². The number of hydrogen-bond donors (Lipinski definition) is 1.